The van der Waals surface area contributed by atoms with Crippen LogP contribution in [-0.2, 0) is 12.8 Å². The Kier molecular flexibility index (Phi) is 7.73. The van der Waals surface area contributed by atoms with Gasteiger partial charge in [0, 0.05) is 6.42 Å². The molecule has 3 rings (SSSR count). The molecular formula is C27H28O3. The Morgan fingerprint density at radius 2 is 1.77 bits per heavy atom. The highest BCUT2D eigenvalue weighted by Gasteiger charge is 2.02. The number of phenols is 1. The summed E-state index contributed by atoms with van der Waals surface area (Å²) >= 11 is 0. The van der Waals surface area contributed by atoms with E-state index in [1.54, 1.807) is 12.1 Å². The van der Waals surface area contributed by atoms with E-state index in [1.165, 1.54) is 18.2 Å². The number of aromatic hydroxyl groups is 1. The summed E-state index contributed by atoms with van der Waals surface area (Å²) < 4.78 is 11.0. The molecule has 3 aromatic carbocycles. The molecule has 0 unspecified atom stereocenters. The number of allylic oxidation sites excluding steroid dienone is 2. The van der Waals surface area contributed by atoms with Crippen molar-refractivity contribution in [2.24, 2.45) is 0 Å². The Labute approximate surface area is 178 Å². The van der Waals surface area contributed by atoms with E-state index in [9.17, 15) is 5.11 Å². The maximum Gasteiger partial charge on any atom is 0.160 e. The Bertz CT molecular complexity index is 990. The highest BCUT2D eigenvalue weighted by atomic mass is 16.5. The third-order valence-electron chi connectivity index (χ3n) is 4.77. The van der Waals surface area contributed by atoms with Crippen molar-refractivity contribution >= 4 is 6.08 Å². The molecule has 30 heavy (non-hydrogen) atoms. The molecule has 0 fully saturated rings. The zero-order valence-electron chi connectivity index (χ0n) is 17.4. The molecule has 0 aliphatic carbocycles. The normalized spacial score (nSPS) is 10.8. The summed E-state index contributed by atoms with van der Waals surface area (Å²) in [6, 6.07) is 23.9. The first-order valence-electron chi connectivity index (χ1n) is 10.1. The monoisotopic (exact) mass is 400 g/mol. The van der Waals surface area contributed by atoms with Gasteiger partial charge in [0.25, 0.3) is 0 Å². The van der Waals surface area contributed by atoms with Gasteiger partial charge < -0.3 is 14.6 Å². The van der Waals surface area contributed by atoms with Crippen LogP contribution in [0.15, 0.2) is 91.0 Å². The van der Waals surface area contributed by atoms with Gasteiger partial charge in [-0.3, -0.25) is 0 Å². The minimum absolute atomic E-state index is 0.141. The van der Waals surface area contributed by atoms with Gasteiger partial charge in [-0.05, 0) is 53.8 Å². The number of hydrogen-bond donors (Lipinski definition) is 1. The molecule has 0 aliphatic heterocycles. The highest BCUT2D eigenvalue weighted by molar-refractivity contribution is 5.55. The van der Waals surface area contributed by atoms with E-state index in [0.29, 0.717) is 12.4 Å². The lowest BCUT2D eigenvalue weighted by Gasteiger charge is -2.09. The summed E-state index contributed by atoms with van der Waals surface area (Å²) in [5, 5.41) is 9.86. The second-order valence-corrected chi connectivity index (χ2v) is 7.20. The lowest BCUT2D eigenvalue weighted by molar-refractivity contribution is 0.321. The van der Waals surface area contributed by atoms with E-state index in [1.807, 2.05) is 42.5 Å². The van der Waals surface area contributed by atoms with Crippen molar-refractivity contribution in [2.45, 2.75) is 19.3 Å². The first-order chi connectivity index (χ1) is 14.6. The van der Waals surface area contributed by atoms with Gasteiger partial charge in [0.15, 0.2) is 11.5 Å². The Morgan fingerprint density at radius 1 is 0.967 bits per heavy atom. The summed E-state index contributed by atoms with van der Waals surface area (Å²) in [7, 11) is 1.54. The number of benzene rings is 3. The van der Waals surface area contributed by atoms with E-state index in [-0.39, 0.29) is 5.75 Å². The van der Waals surface area contributed by atoms with Crippen LogP contribution >= 0.6 is 0 Å². The highest BCUT2D eigenvalue weighted by Crippen LogP contribution is 2.27. The smallest absolute Gasteiger partial charge is 0.160 e. The molecule has 0 saturated heterocycles. The molecule has 3 aromatic rings. The first kappa shape index (κ1) is 21.3. The summed E-state index contributed by atoms with van der Waals surface area (Å²) in [5.41, 5.74) is 4.51. The molecule has 3 nitrogen and oxygen atoms in total. The van der Waals surface area contributed by atoms with Crippen molar-refractivity contribution in [1.29, 1.82) is 0 Å². The van der Waals surface area contributed by atoms with Crippen LogP contribution in [0.1, 0.15) is 23.1 Å². The third kappa shape index (κ3) is 6.56. The lowest BCUT2D eigenvalue weighted by atomic mass is 10.0. The average molecular weight is 401 g/mol. The van der Waals surface area contributed by atoms with E-state index in [4.69, 9.17) is 9.47 Å². The summed E-state index contributed by atoms with van der Waals surface area (Å²) in [6.07, 6.45) is 6.50. The van der Waals surface area contributed by atoms with Crippen molar-refractivity contribution in [3.05, 3.63) is 108 Å². The standard InChI is InChI=1S/C27H28O3/c1-21(8-6-11-23-14-15-27(29-2)26(28)20-23)18-24-12-7-13-25(19-24)30-17-16-22-9-4-3-5-10-22/h3-7,9-15,19-20,28H,1,8,16-18H2,2H3. The van der Waals surface area contributed by atoms with Gasteiger partial charge in [0.1, 0.15) is 5.75 Å². The van der Waals surface area contributed by atoms with Crippen LogP contribution in [0.25, 0.3) is 6.08 Å². The van der Waals surface area contributed by atoms with Crippen LogP contribution in [0, 0.1) is 0 Å². The number of hydrogen-bond acceptors (Lipinski definition) is 3. The van der Waals surface area contributed by atoms with Crippen LogP contribution in [0.5, 0.6) is 17.2 Å². The fraction of sp³-hybridized carbons (Fsp3) is 0.185. The molecule has 0 aromatic heterocycles. The molecule has 0 atom stereocenters. The van der Waals surface area contributed by atoms with Gasteiger partial charge in [0.2, 0.25) is 0 Å². The lowest BCUT2D eigenvalue weighted by Crippen LogP contribution is -2.01. The van der Waals surface area contributed by atoms with Crippen LogP contribution in [0.3, 0.4) is 0 Å². The largest absolute Gasteiger partial charge is 0.504 e. The summed E-state index contributed by atoms with van der Waals surface area (Å²) in [4.78, 5) is 0. The molecule has 154 valence electrons. The summed E-state index contributed by atoms with van der Waals surface area (Å²) in [5.74, 6) is 1.51. The second-order valence-electron chi connectivity index (χ2n) is 7.20. The van der Waals surface area contributed by atoms with E-state index in [0.717, 1.165) is 36.1 Å². The van der Waals surface area contributed by atoms with Crippen LogP contribution < -0.4 is 9.47 Å². The van der Waals surface area contributed by atoms with Crippen LogP contribution in [0.2, 0.25) is 0 Å². The van der Waals surface area contributed by atoms with E-state index >= 15 is 0 Å². The molecule has 0 spiro atoms. The van der Waals surface area contributed by atoms with Crippen molar-refractivity contribution in [1.82, 2.24) is 0 Å². The Hall–Kier alpha value is -3.46. The van der Waals surface area contributed by atoms with Gasteiger partial charge in [-0.15, -0.1) is 0 Å². The SMILES string of the molecule is C=C(CC=Cc1ccc(OC)c(O)c1)Cc1cccc(OCCc2ccccc2)c1. The molecular weight excluding hydrogens is 372 g/mol. The molecule has 0 amide bonds. The topological polar surface area (TPSA) is 38.7 Å². The molecule has 0 bridgehead atoms. The average Bonchev–Trinajstić information content (AvgIpc) is 2.75. The van der Waals surface area contributed by atoms with Crippen molar-refractivity contribution in [2.75, 3.05) is 13.7 Å². The Morgan fingerprint density at radius 3 is 2.53 bits per heavy atom. The van der Waals surface area contributed by atoms with Gasteiger partial charge in [-0.25, -0.2) is 0 Å². The quantitative estimate of drug-likeness (QED) is 0.410. The minimum atomic E-state index is 0.141. The van der Waals surface area contributed by atoms with Crippen molar-refractivity contribution in [3.63, 3.8) is 0 Å². The zero-order chi connectivity index (χ0) is 21.2. The number of methoxy groups -OCH3 is 1. The first-order valence-corrected chi connectivity index (χ1v) is 10.1. The van der Waals surface area contributed by atoms with E-state index < -0.39 is 0 Å². The minimum Gasteiger partial charge on any atom is -0.504 e. The zero-order valence-corrected chi connectivity index (χ0v) is 17.4. The maximum atomic E-state index is 9.86. The third-order valence-corrected chi connectivity index (χ3v) is 4.77. The van der Waals surface area contributed by atoms with Gasteiger partial charge in [-0.1, -0.05) is 72.8 Å². The molecule has 3 heteroatoms. The number of phenolic OH excluding ortho intramolecular Hbond substituents is 1. The molecule has 0 aliphatic rings. The van der Waals surface area contributed by atoms with Crippen molar-refractivity contribution < 1.29 is 14.6 Å². The Balaban J connectivity index is 1.48. The number of ether oxygens (including phenoxy) is 2. The molecule has 1 N–H and O–H groups in total. The molecule has 0 heterocycles. The van der Waals surface area contributed by atoms with Crippen molar-refractivity contribution in [3.8, 4) is 17.2 Å². The number of rotatable bonds is 10. The predicted octanol–water partition coefficient (Wildman–Crippen LogP) is 6.22. The van der Waals surface area contributed by atoms with Crippen LogP contribution in [0.4, 0.5) is 0 Å². The van der Waals surface area contributed by atoms with Gasteiger partial charge in [-0.2, -0.15) is 0 Å². The van der Waals surface area contributed by atoms with E-state index in [2.05, 4.69) is 36.9 Å². The predicted molar refractivity (Wildman–Crippen MR) is 123 cm³/mol. The van der Waals surface area contributed by atoms with Gasteiger partial charge in [0.05, 0.1) is 13.7 Å². The molecule has 0 saturated carbocycles. The second kappa shape index (κ2) is 10.9. The fourth-order valence-corrected chi connectivity index (χ4v) is 3.21. The fourth-order valence-electron chi connectivity index (χ4n) is 3.21. The molecule has 0 radical (unpaired) electrons. The van der Waals surface area contributed by atoms with Gasteiger partial charge >= 0.3 is 0 Å². The van der Waals surface area contributed by atoms with Crippen LogP contribution in [-0.4, -0.2) is 18.8 Å². The maximum absolute atomic E-state index is 9.86. The summed E-state index contributed by atoms with van der Waals surface area (Å²) in [6.45, 7) is 4.85.